The van der Waals surface area contributed by atoms with E-state index in [1.165, 1.54) is 5.56 Å². The number of nitrogens with one attached hydrogen (secondary N) is 1. The molecular formula is C20H25FN4O. The molecule has 1 aromatic rings. The quantitative estimate of drug-likeness (QED) is 0.900. The van der Waals surface area contributed by atoms with Crippen LogP contribution in [0.3, 0.4) is 0 Å². The Bertz CT molecular complexity index is 745. The standard InChI is InChI=1S/C20H25FN4O/c21-20(13-23-19(26)14-5-6-14)7-9-25(10-8-20)18-16(12-22)11-15-3-1-2-4-17(15)24-18/h11,14H,1-10,13H2,(H,23,26). The Balaban J connectivity index is 1.42. The number of anilines is 1. The summed E-state index contributed by atoms with van der Waals surface area (Å²) in [5, 5.41) is 12.3. The zero-order chi connectivity index (χ0) is 18.1. The lowest BCUT2D eigenvalue weighted by atomic mass is 9.92. The number of aromatic nitrogens is 1. The Morgan fingerprint density at radius 2 is 2.08 bits per heavy atom. The van der Waals surface area contributed by atoms with Crippen LogP contribution in [0.2, 0.25) is 0 Å². The maximum atomic E-state index is 15.0. The van der Waals surface area contributed by atoms with Crippen LogP contribution in [-0.4, -0.2) is 36.2 Å². The Labute approximate surface area is 153 Å². The third-order valence-corrected chi connectivity index (χ3v) is 5.89. The first-order chi connectivity index (χ1) is 12.6. The van der Waals surface area contributed by atoms with Crippen molar-refractivity contribution in [1.82, 2.24) is 10.3 Å². The molecule has 1 saturated carbocycles. The zero-order valence-corrected chi connectivity index (χ0v) is 15.1. The van der Waals surface area contributed by atoms with E-state index in [0.29, 0.717) is 37.3 Å². The number of rotatable bonds is 4. The molecule has 1 saturated heterocycles. The second kappa shape index (κ2) is 6.86. The van der Waals surface area contributed by atoms with Crippen LogP contribution in [0.25, 0.3) is 0 Å². The van der Waals surface area contributed by atoms with Crippen LogP contribution in [0.4, 0.5) is 10.2 Å². The van der Waals surface area contributed by atoms with Gasteiger partial charge in [-0.25, -0.2) is 9.37 Å². The topological polar surface area (TPSA) is 69.0 Å². The molecule has 0 unspecified atom stereocenters. The number of fused-ring (bicyclic) bond motifs is 1. The predicted molar refractivity (Wildman–Crippen MR) is 96.6 cm³/mol. The summed E-state index contributed by atoms with van der Waals surface area (Å²) in [4.78, 5) is 18.6. The number of pyridine rings is 1. The van der Waals surface area contributed by atoms with E-state index in [4.69, 9.17) is 4.98 Å². The number of alkyl halides is 1. The van der Waals surface area contributed by atoms with Crippen molar-refractivity contribution in [3.8, 4) is 6.07 Å². The maximum absolute atomic E-state index is 15.0. The minimum Gasteiger partial charge on any atom is -0.355 e. The van der Waals surface area contributed by atoms with Crippen molar-refractivity contribution in [3.63, 3.8) is 0 Å². The SMILES string of the molecule is N#Cc1cc2c(nc1N1CCC(F)(CNC(=O)C3CC3)CC1)CCCC2. The summed E-state index contributed by atoms with van der Waals surface area (Å²) in [6.07, 6.45) is 6.80. The summed E-state index contributed by atoms with van der Waals surface area (Å²) < 4.78 is 15.0. The molecule has 26 heavy (non-hydrogen) atoms. The second-order valence-corrected chi connectivity index (χ2v) is 7.91. The lowest BCUT2D eigenvalue weighted by Gasteiger charge is -2.37. The van der Waals surface area contributed by atoms with E-state index in [0.717, 1.165) is 44.2 Å². The Kier molecular flexibility index (Phi) is 4.56. The number of hydrogen-bond acceptors (Lipinski definition) is 4. The van der Waals surface area contributed by atoms with Gasteiger partial charge in [-0.15, -0.1) is 0 Å². The Morgan fingerprint density at radius 1 is 1.35 bits per heavy atom. The lowest BCUT2D eigenvalue weighted by molar-refractivity contribution is -0.123. The van der Waals surface area contributed by atoms with E-state index in [-0.39, 0.29) is 18.4 Å². The van der Waals surface area contributed by atoms with Gasteiger partial charge in [-0.05, 0) is 50.2 Å². The lowest BCUT2D eigenvalue weighted by Crippen LogP contribution is -2.49. The van der Waals surface area contributed by atoms with Gasteiger partial charge >= 0.3 is 0 Å². The van der Waals surface area contributed by atoms with E-state index >= 15 is 4.39 Å². The molecular weight excluding hydrogens is 331 g/mol. The first-order valence-electron chi connectivity index (χ1n) is 9.72. The van der Waals surface area contributed by atoms with Gasteiger partial charge in [-0.2, -0.15) is 5.26 Å². The van der Waals surface area contributed by atoms with Crippen molar-refractivity contribution in [3.05, 3.63) is 22.9 Å². The van der Waals surface area contributed by atoms with Gasteiger partial charge in [0.1, 0.15) is 17.6 Å². The monoisotopic (exact) mass is 356 g/mol. The number of carbonyl (C=O) groups is 1. The molecule has 6 heteroatoms. The van der Waals surface area contributed by atoms with Crippen LogP contribution in [0, 0.1) is 17.2 Å². The van der Waals surface area contributed by atoms with Crippen LogP contribution in [0.5, 0.6) is 0 Å². The van der Waals surface area contributed by atoms with Crippen molar-refractivity contribution >= 4 is 11.7 Å². The summed E-state index contributed by atoms with van der Waals surface area (Å²) in [6, 6.07) is 4.24. The molecule has 4 rings (SSSR count). The average Bonchev–Trinajstić information content (AvgIpc) is 3.51. The third kappa shape index (κ3) is 3.53. The highest BCUT2D eigenvalue weighted by Gasteiger charge is 2.37. The van der Waals surface area contributed by atoms with E-state index in [1.807, 2.05) is 11.0 Å². The smallest absolute Gasteiger partial charge is 0.223 e. The minimum absolute atomic E-state index is 0.00687. The summed E-state index contributed by atoms with van der Waals surface area (Å²) in [5.41, 5.74) is 1.52. The number of hydrogen-bond donors (Lipinski definition) is 1. The molecule has 2 heterocycles. The molecule has 2 fully saturated rings. The number of aryl methyl sites for hydroxylation is 2. The molecule has 1 N–H and O–H groups in total. The minimum atomic E-state index is -1.36. The third-order valence-electron chi connectivity index (χ3n) is 5.89. The van der Waals surface area contributed by atoms with Crippen LogP contribution in [0.1, 0.15) is 55.3 Å². The highest BCUT2D eigenvalue weighted by molar-refractivity contribution is 5.80. The number of carbonyl (C=O) groups excluding carboxylic acids is 1. The second-order valence-electron chi connectivity index (χ2n) is 7.91. The van der Waals surface area contributed by atoms with E-state index in [2.05, 4.69) is 11.4 Å². The molecule has 1 aromatic heterocycles. The Hall–Kier alpha value is -2.16. The summed E-state index contributed by atoms with van der Waals surface area (Å²) in [6.45, 7) is 1.14. The van der Waals surface area contributed by atoms with Crippen molar-refractivity contribution < 1.29 is 9.18 Å². The van der Waals surface area contributed by atoms with Gasteiger partial charge in [0.15, 0.2) is 0 Å². The summed E-state index contributed by atoms with van der Waals surface area (Å²) in [5.74, 6) is 0.807. The molecule has 2 aliphatic carbocycles. The average molecular weight is 356 g/mol. The highest BCUT2D eigenvalue weighted by Crippen LogP contribution is 2.33. The van der Waals surface area contributed by atoms with Crippen molar-refractivity contribution in [1.29, 1.82) is 5.26 Å². The van der Waals surface area contributed by atoms with Crippen LogP contribution in [-0.2, 0) is 17.6 Å². The fourth-order valence-corrected chi connectivity index (χ4v) is 3.98. The van der Waals surface area contributed by atoms with Crippen LogP contribution >= 0.6 is 0 Å². The predicted octanol–water partition coefficient (Wildman–Crippen LogP) is 2.67. The number of nitrogens with zero attached hydrogens (tertiary/aromatic N) is 3. The first-order valence-corrected chi connectivity index (χ1v) is 9.72. The molecule has 0 bridgehead atoms. The fraction of sp³-hybridized carbons (Fsp3) is 0.650. The van der Waals surface area contributed by atoms with E-state index < -0.39 is 5.67 Å². The molecule has 0 spiro atoms. The van der Waals surface area contributed by atoms with Crippen molar-refractivity contribution in [2.75, 3.05) is 24.5 Å². The number of piperidine rings is 1. The molecule has 0 aromatic carbocycles. The van der Waals surface area contributed by atoms with E-state index in [1.54, 1.807) is 0 Å². The molecule has 3 aliphatic rings. The maximum Gasteiger partial charge on any atom is 0.223 e. The number of amides is 1. The molecule has 0 atom stereocenters. The molecule has 5 nitrogen and oxygen atoms in total. The highest BCUT2D eigenvalue weighted by atomic mass is 19.1. The Morgan fingerprint density at radius 3 is 2.77 bits per heavy atom. The molecule has 1 aliphatic heterocycles. The van der Waals surface area contributed by atoms with Gasteiger partial charge in [0, 0.05) is 37.5 Å². The molecule has 138 valence electrons. The van der Waals surface area contributed by atoms with Gasteiger partial charge in [-0.3, -0.25) is 4.79 Å². The van der Waals surface area contributed by atoms with Gasteiger partial charge in [0.2, 0.25) is 5.91 Å². The van der Waals surface area contributed by atoms with Gasteiger partial charge in [0.05, 0.1) is 12.1 Å². The van der Waals surface area contributed by atoms with Gasteiger partial charge in [-0.1, -0.05) is 0 Å². The number of nitriles is 1. The molecule has 0 radical (unpaired) electrons. The normalized spacial score (nSPS) is 21.6. The first kappa shape index (κ1) is 17.3. The molecule has 1 amide bonds. The van der Waals surface area contributed by atoms with Gasteiger partial charge < -0.3 is 10.2 Å². The summed E-state index contributed by atoms with van der Waals surface area (Å²) in [7, 11) is 0. The number of halogens is 1. The van der Waals surface area contributed by atoms with Crippen LogP contribution in [0.15, 0.2) is 6.07 Å². The summed E-state index contributed by atoms with van der Waals surface area (Å²) >= 11 is 0. The largest absolute Gasteiger partial charge is 0.355 e. The van der Waals surface area contributed by atoms with Crippen molar-refractivity contribution in [2.24, 2.45) is 5.92 Å². The van der Waals surface area contributed by atoms with Gasteiger partial charge in [0.25, 0.3) is 0 Å². The fourth-order valence-electron chi connectivity index (χ4n) is 3.98. The van der Waals surface area contributed by atoms with E-state index in [9.17, 15) is 10.1 Å². The van der Waals surface area contributed by atoms with Crippen molar-refractivity contribution in [2.45, 2.75) is 57.0 Å². The zero-order valence-electron chi connectivity index (χ0n) is 15.1. The van der Waals surface area contributed by atoms with Crippen LogP contribution < -0.4 is 10.2 Å².